The molecule has 0 aliphatic heterocycles. The van der Waals surface area contributed by atoms with Crippen molar-refractivity contribution in [3.8, 4) is 0 Å². The Morgan fingerprint density at radius 1 is 1.18 bits per heavy atom. The lowest BCUT2D eigenvalue weighted by Gasteiger charge is -2.20. The first-order valence-corrected chi connectivity index (χ1v) is 5.40. The van der Waals surface area contributed by atoms with Gasteiger partial charge in [0.25, 0.3) is 0 Å². The van der Waals surface area contributed by atoms with E-state index in [1.54, 1.807) is 0 Å². The molecule has 0 aliphatic rings. The van der Waals surface area contributed by atoms with Crippen molar-refractivity contribution in [1.82, 2.24) is 0 Å². The van der Waals surface area contributed by atoms with Gasteiger partial charge in [-0.1, -0.05) is 39.8 Å². The van der Waals surface area contributed by atoms with E-state index in [9.17, 15) is 0 Å². The maximum absolute atomic E-state index is 2.30. The zero-order valence-electron chi connectivity index (χ0n) is 8.18. The van der Waals surface area contributed by atoms with E-state index in [4.69, 9.17) is 0 Å². The summed E-state index contributed by atoms with van der Waals surface area (Å²) >= 11 is 2.03. The molecule has 0 nitrogen and oxygen atoms in total. The maximum Gasteiger partial charge on any atom is 0.0118 e. The van der Waals surface area contributed by atoms with Crippen LogP contribution in [0.4, 0.5) is 0 Å². The number of rotatable bonds is 5. The molecule has 0 rings (SSSR count). The van der Waals surface area contributed by atoms with Crippen LogP contribution in [0.15, 0.2) is 12.2 Å². The minimum absolute atomic E-state index is 0.456. The smallest absolute Gasteiger partial charge is 0.0118 e. The molecule has 0 radical (unpaired) electrons. The summed E-state index contributed by atoms with van der Waals surface area (Å²) in [6, 6.07) is 0. The van der Waals surface area contributed by atoms with E-state index in [0.29, 0.717) is 4.75 Å². The van der Waals surface area contributed by atoms with Gasteiger partial charge in [-0.25, -0.2) is 0 Å². The fourth-order valence-electron chi connectivity index (χ4n) is 0.610. The zero-order valence-corrected chi connectivity index (χ0v) is 9.00. The Labute approximate surface area is 75.5 Å². The van der Waals surface area contributed by atoms with E-state index in [2.05, 4.69) is 39.8 Å². The molecule has 0 spiro atoms. The minimum Gasteiger partial charge on any atom is -0.152 e. The Hall–Kier alpha value is 0.0900. The van der Waals surface area contributed by atoms with Crippen LogP contribution in [0.5, 0.6) is 0 Å². The summed E-state index contributed by atoms with van der Waals surface area (Å²) in [6.45, 7) is 9.03. The molecule has 0 atom stereocenters. The largest absolute Gasteiger partial charge is 0.152 e. The summed E-state index contributed by atoms with van der Waals surface area (Å²) in [5.74, 6) is 1.16. The number of hydrogen-bond acceptors (Lipinski definition) is 1. The van der Waals surface area contributed by atoms with Gasteiger partial charge >= 0.3 is 0 Å². The van der Waals surface area contributed by atoms with Crippen LogP contribution < -0.4 is 0 Å². The molecule has 0 aromatic carbocycles. The molecule has 0 aromatic heterocycles. The van der Waals surface area contributed by atoms with Gasteiger partial charge in [-0.2, -0.15) is 11.8 Å². The molecule has 0 saturated heterocycles. The van der Waals surface area contributed by atoms with Gasteiger partial charge in [0.1, 0.15) is 0 Å². The van der Waals surface area contributed by atoms with Gasteiger partial charge in [-0.3, -0.25) is 0 Å². The highest BCUT2D eigenvalue weighted by Crippen LogP contribution is 2.27. The fourth-order valence-corrected chi connectivity index (χ4v) is 1.50. The molecule has 11 heavy (non-hydrogen) atoms. The van der Waals surface area contributed by atoms with Crippen molar-refractivity contribution in [3.05, 3.63) is 12.2 Å². The fraction of sp³-hybridized carbons (Fsp3) is 0.800. The van der Waals surface area contributed by atoms with Crippen molar-refractivity contribution >= 4 is 11.8 Å². The highest BCUT2D eigenvalue weighted by Gasteiger charge is 2.13. The Morgan fingerprint density at radius 2 is 1.82 bits per heavy atom. The van der Waals surface area contributed by atoms with Gasteiger partial charge in [0.05, 0.1) is 0 Å². The van der Waals surface area contributed by atoms with Gasteiger partial charge in [-0.15, -0.1) is 0 Å². The van der Waals surface area contributed by atoms with Crippen molar-refractivity contribution in [2.75, 3.05) is 5.75 Å². The zero-order chi connectivity index (χ0) is 8.74. The van der Waals surface area contributed by atoms with Crippen molar-refractivity contribution in [2.45, 2.75) is 45.3 Å². The lowest BCUT2D eigenvalue weighted by atomic mass is 10.1. The molecule has 1 heteroatoms. The molecule has 0 amide bonds. The molecule has 0 bridgehead atoms. The van der Waals surface area contributed by atoms with Gasteiger partial charge in [0, 0.05) is 10.5 Å². The molecular formula is C10H20S. The predicted octanol–water partition coefficient (Wildman–Crippen LogP) is 3.87. The van der Waals surface area contributed by atoms with E-state index >= 15 is 0 Å². The van der Waals surface area contributed by atoms with Gasteiger partial charge in [0.2, 0.25) is 0 Å². The molecule has 0 aliphatic carbocycles. The van der Waals surface area contributed by atoms with Crippen LogP contribution >= 0.6 is 11.8 Å². The quantitative estimate of drug-likeness (QED) is 0.567. The van der Waals surface area contributed by atoms with E-state index in [0.717, 1.165) is 12.2 Å². The molecular weight excluding hydrogens is 152 g/mol. The second-order valence-electron chi connectivity index (χ2n) is 3.30. The molecule has 0 fully saturated rings. The second-order valence-corrected chi connectivity index (χ2v) is 5.03. The summed E-state index contributed by atoms with van der Waals surface area (Å²) in [6.07, 6.45) is 6.91. The van der Waals surface area contributed by atoms with Crippen molar-refractivity contribution in [2.24, 2.45) is 0 Å². The van der Waals surface area contributed by atoms with Crippen LogP contribution in [0.1, 0.15) is 40.5 Å². The summed E-state index contributed by atoms with van der Waals surface area (Å²) in [7, 11) is 0. The van der Waals surface area contributed by atoms with Crippen LogP contribution in [0.2, 0.25) is 0 Å². The van der Waals surface area contributed by atoms with Crippen molar-refractivity contribution in [3.63, 3.8) is 0 Å². The third-order valence-electron chi connectivity index (χ3n) is 1.82. The lowest BCUT2D eigenvalue weighted by molar-refractivity contribution is 0.686. The Kier molecular flexibility index (Phi) is 5.75. The summed E-state index contributed by atoms with van der Waals surface area (Å²) in [5.41, 5.74) is 0. The molecule has 66 valence electrons. The van der Waals surface area contributed by atoms with Crippen LogP contribution in [-0.4, -0.2) is 10.5 Å². The molecule has 0 unspecified atom stereocenters. The average Bonchev–Trinajstić information content (AvgIpc) is 1.99. The van der Waals surface area contributed by atoms with Crippen LogP contribution in [0, 0.1) is 0 Å². The van der Waals surface area contributed by atoms with E-state index in [1.165, 1.54) is 6.42 Å². The number of allylic oxidation sites excluding steroid dienone is 1. The Morgan fingerprint density at radius 3 is 2.27 bits per heavy atom. The monoisotopic (exact) mass is 172 g/mol. The SMILES string of the molecule is CC/C=C\CSC(C)(C)CC. The number of hydrogen-bond donors (Lipinski definition) is 0. The molecule has 0 N–H and O–H groups in total. The van der Waals surface area contributed by atoms with Gasteiger partial charge in [0.15, 0.2) is 0 Å². The van der Waals surface area contributed by atoms with Crippen LogP contribution in [0.3, 0.4) is 0 Å². The van der Waals surface area contributed by atoms with E-state index < -0.39 is 0 Å². The second kappa shape index (κ2) is 5.70. The summed E-state index contributed by atoms with van der Waals surface area (Å²) < 4.78 is 0.456. The lowest BCUT2D eigenvalue weighted by Crippen LogP contribution is -2.12. The van der Waals surface area contributed by atoms with Crippen molar-refractivity contribution < 1.29 is 0 Å². The third-order valence-corrected chi connectivity index (χ3v) is 3.25. The first-order chi connectivity index (χ1) is 5.12. The van der Waals surface area contributed by atoms with E-state index in [1.807, 2.05) is 11.8 Å². The highest BCUT2D eigenvalue weighted by molar-refractivity contribution is 8.00. The predicted molar refractivity (Wildman–Crippen MR) is 56.3 cm³/mol. The number of thioether (sulfide) groups is 1. The first kappa shape index (κ1) is 11.1. The topological polar surface area (TPSA) is 0 Å². The Balaban J connectivity index is 3.45. The first-order valence-electron chi connectivity index (χ1n) is 4.41. The van der Waals surface area contributed by atoms with Gasteiger partial charge in [-0.05, 0) is 12.8 Å². The normalized spacial score (nSPS) is 12.7. The molecule has 0 saturated carbocycles. The van der Waals surface area contributed by atoms with Gasteiger partial charge < -0.3 is 0 Å². The average molecular weight is 172 g/mol. The molecule has 0 aromatic rings. The summed E-state index contributed by atoms with van der Waals surface area (Å²) in [4.78, 5) is 0. The van der Waals surface area contributed by atoms with Crippen LogP contribution in [0.25, 0.3) is 0 Å². The highest BCUT2D eigenvalue weighted by atomic mass is 32.2. The standard InChI is InChI=1S/C10H20S/c1-5-7-8-9-11-10(3,4)6-2/h7-8H,5-6,9H2,1-4H3/b8-7-. The summed E-state index contributed by atoms with van der Waals surface area (Å²) in [5, 5.41) is 0. The van der Waals surface area contributed by atoms with Crippen LogP contribution in [-0.2, 0) is 0 Å². The van der Waals surface area contributed by atoms with E-state index in [-0.39, 0.29) is 0 Å². The maximum atomic E-state index is 2.30. The third kappa shape index (κ3) is 6.49. The Bertz CT molecular complexity index is 114. The minimum atomic E-state index is 0.456. The molecule has 0 heterocycles. The van der Waals surface area contributed by atoms with Crippen molar-refractivity contribution in [1.29, 1.82) is 0 Å².